The Labute approximate surface area is 128 Å². The van der Waals surface area contributed by atoms with Crippen molar-refractivity contribution in [2.24, 2.45) is 5.92 Å². The lowest BCUT2D eigenvalue weighted by Gasteiger charge is -2.25. The second-order valence-corrected chi connectivity index (χ2v) is 7.19. The fourth-order valence-corrected chi connectivity index (χ4v) is 3.96. The van der Waals surface area contributed by atoms with Gasteiger partial charge in [-0.15, -0.1) is 11.3 Å². The van der Waals surface area contributed by atoms with Crippen molar-refractivity contribution in [3.8, 4) is 0 Å². The van der Waals surface area contributed by atoms with Gasteiger partial charge in [-0.25, -0.2) is 0 Å². The molecule has 1 N–H and O–H groups in total. The van der Waals surface area contributed by atoms with Crippen LogP contribution in [0.4, 0.5) is 5.69 Å². The van der Waals surface area contributed by atoms with Gasteiger partial charge in [0, 0.05) is 15.0 Å². The van der Waals surface area contributed by atoms with Crippen molar-refractivity contribution in [2.45, 2.75) is 33.7 Å². The molecule has 1 aromatic carbocycles. The molecule has 1 nitrogen and oxygen atoms in total. The number of rotatable bonds is 4. The van der Waals surface area contributed by atoms with E-state index in [9.17, 15) is 0 Å². The number of benzene rings is 1. The minimum Gasteiger partial charge on any atom is -0.377 e. The minimum atomic E-state index is 0.374. The molecule has 0 radical (unpaired) electrons. The number of nitrogens with one attached hydrogen (secondary N) is 1. The quantitative estimate of drug-likeness (QED) is 0.728. The van der Waals surface area contributed by atoms with Crippen LogP contribution in [0, 0.1) is 19.8 Å². The number of anilines is 1. The Morgan fingerprint density at radius 1 is 1.16 bits per heavy atom. The van der Waals surface area contributed by atoms with Crippen LogP contribution in [0.2, 0.25) is 0 Å². The predicted octanol–water partition coefficient (Wildman–Crippen LogP) is 5.94. The Kier molecular flexibility index (Phi) is 4.69. The zero-order valence-electron chi connectivity index (χ0n) is 11.8. The summed E-state index contributed by atoms with van der Waals surface area (Å²) >= 11 is 5.38. The van der Waals surface area contributed by atoms with Crippen molar-refractivity contribution >= 4 is 33.0 Å². The zero-order chi connectivity index (χ0) is 14.0. The maximum atomic E-state index is 3.73. The first-order valence-electron chi connectivity index (χ1n) is 6.55. The number of hydrogen-bond acceptors (Lipinski definition) is 2. The van der Waals surface area contributed by atoms with Crippen molar-refractivity contribution in [2.75, 3.05) is 5.32 Å². The minimum absolute atomic E-state index is 0.374. The fraction of sp³-hybridized carbons (Fsp3) is 0.375. The van der Waals surface area contributed by atoms with Gasteiger partial charge in [0.1, 0.15) is 0 Å². The molecule has 0 fully saturated rings. The number of hydrogen-bond donors (Lipinski definition) is 1. The highest BCUT2D eigenvalue weighted by Crippen LogP contribution is 2.33. The zero-order valence-corrected chi connectivity index (χ0v) is 14.2. The summed E-state index contributed by atoms with van der Waals surface area (Å²) in [4.78, 5) is 1.40. The molecular formula is C16H20BrNS. The Bertz CT molecular complexity index is 523. The summed E-state index contributed by atoms with van der Waals surface area (Å²) < 4.78 is 1.14. The SMILES string of the molecule is Cc1cc(Br)cc(C)c1NC(c1cccs1)C(C)C. The van der Waals surface area contributed by atoms with Gasteiger partial charge >= 0.3 is 0 Å². The molecule has 0 bridgehead atoms. The van der Waals surface area contributed by atoms with E-state index in [2.05, 4.69) is 78.6 Å². The van der Waals surface area contributed by atoms with E-state index < -0.39 is 0 Å². The molecule has 2 aromatic rings. The third-order valence-corrected chi connectivity index (χ3v) is 4.73. The van der Waals surface area contributed by atoms with Crippen LogP contribution >= 0.6 is 27.3 Å². The lowest BCUT2D eigenvalue weighted by atomic mass is 10.0. The third-order valence-electron chi connectivity index (χ3n) is 3.31. The predicted molar refractivity (Wildman–Crippen MR) is 89.1 cm³/mol. The molecule has 0 saturated carbocycles. The molecule has 0 aliphatic rings. The van der Waals surface area contributed by atoms with Crippen LogP contribution in [0.25, 0.3) is 0 Å². The molecule has 1 aromatic heterocycles. The highest BCUT2D eigenvalue weighted by Gasteiger charge is 2.18. The average molecular weight is 338 g/mol. The molecule has 0 amide bonds. The maximum Gasteiger partial charge on any atom is 0.0629 e. The van der Waals surface area contributed by atoms with Gasteiger partial charge in [-0.2, -0.15) is 0 Å². The van der Waals surface area contributed by atoms with Gasteiger partial charge in [-0.1, -0.05) is 35.8 Å². The molecular weight excluding hydrogens is 318 g/mol. The van der Waals surface area contributed by atoms with Gasteiger partial charge in [0.2, 0.25) is 0 Å². The van der Waals surface area contributed by atoms with E-state index in [0.29, 0.717) is 12.0 Å². The Morgan fingerprint density at radius 2 is 1.79 bits per heavy atom. The fourth-order valence-electron chi connectivity index (χ4n) is 2.33. The van der Waals surface area contributed by atoms with Crippen molar-refractivity contribution in [1.82, 2.24) is 0 Å². The van der Waals surface area contributed by atoms with Gasteiger partial charge in [-0.05, 0) is 54.5 Å². The molecule has 1 unspecified atom stereocenters. The van der Waals surface area contributed by atoms with Gasteiger partial charge in [0.25, 0.3) is 0 Å². The maximum absolute atomic E-state index is 3.73. The summed E-state index contributed by atoms with van der Waals surface area (Å²) in [6.45, 7) is 8.85. The lowest BCUT2D eigenvalue weighted by molar-refractivity contribution is 0.553. The number of aryl methyl sites for hydroxylation is 2. The second-order valence-electron chi connectivity index (χ2n) is 5.30. The molecule has 0 aliphatic heterocycles. The van der Waals surface area contributed by atoms with Crippen LogP contribution in [-0.4, -0.2) is 0 Å². The van der Waals surface area contributed by atoms with E-state index in [1.807, 2.05) is 11.3 Å². The normalized spacial score (nSPS) is 12.7. The Balaban J connectivity index is 2.33. The second kappa shape index (κ2) is 6.10. The number of halogens is 1. The first-order chi connectivity index (χ1) is 8.99. The van der Waals surface area contributed by atoms with Crippen molar-refractivity contribution in [1.29, 1.82) is 0 Å². The molecule has 0 aliphatic carbocycles. The average Bonchev–Trinajstić information content (AvgIpc) is 2.80. The highest BCUT2D eigenvalue weighted by atomic mass is 79.9. The van der Waals surface area contributed by atoms with Gasteiger partial charge in [-0.3, -0.25) is 0 Å². The molecule has 2 rings (SSSR count). The van der Waals surface area contributed by atoms with Crippen molar-refractivity contribution in [3.05, 3.63) is 50.1 Å². The van der Waals surface area contributed by atoms with Crippen LogP contribution in [-0.2, 0) is 0 Å². The first kappa shape index (κ1) is 14.6. The van der Waals surface area contributed by atoms with E-state index in [1.165, 1.54) is 21.7 Å². The summed E-state index contributed by atoms with van der Waals surface area (Å²) in [6, 6.07) is 9.05. The molecule has 19 heavy (non-hydrogen) atoms. The highest BCUT2D eigenvalue weighted by molar-refractivity contribution is 9.10. The molecule has 3 heteroatoms. The van der Waals surface area contributed by atoms with Gasteiger partial charge < -0.3 is 5.32 Å². The van der Waals surface area contributed by atoms with Crippen molar-refractivity contribution in [3.63, 3.8) is 0 Å². The van der Waals surface area contributed by atoms with E-state index in [0.717, 1.165) is 4.47 Å². The lowest BCUT2D eigenvalue weighted by Crippen LogP contribution is -2.17. The summed E-state index contributed by atoms with van der Waals surface area (Å²) in [5.74, 6) is 0.557. The third kappa shape index (κ3) is 3.40. The molecule has 0 spiro atoms. The topological polar surface area (TPSA) is 12.0 Å². The van der Waals surface area contributed by atoms with Gasteiger partial charge in [0.05, 0.1) is 6.04 Å². The van der Waals surface area contributed by atoms with Crippen LogP contribution in [0.5, 0.6) is 0 Å². The number of thiophene rings is 1. The summed E-state index contributed by atoms with van der Waals surface area (Å²) in [6.07, 6.45) is 0. The Morgan fingerprint density at radius 3 is 2.26 bits per heavy atom. The summed E-state index contributed by atoms with van der Waals surface area (Å²) in [5, 5.41) is 5.88. The molecule has 1 heterocycles. The van der Waals surface area contributed by atoms with E-state index >= 15 is 0 Å². The largest absolute Gasteiger partial charge is 0.377 e. The van der Waals surface area contributed by atoms with Crippen LogP contribution in [0.15, 0.2) is 34.1 Å². The van der Waals surface area contributed by atoms with Crippen molar-refractivity contribution < 1.29 is 0 Å². The molecule has 1 atom stereocenters. The Hall–Kier alpha value is -0.800. The summed E-state index contributed by atoms with van der Waals surface area (Å²) in [5.41, 5.74) is 3.83. The van der Waals surface area contributed by atoms with E-state index in [4.69, 9.17) is 0 Å². The van der Waals surface area contributed by atoms with E-state index in [1.54, 1.807) is 0 Å². The van der Waals surface area contributed by atoms with Gasteiger partial charge in [0.15, 0.2) is 0 Å². The summed E-state index contributed by atoms with van der Waals surface area (Å²) in [7, 11) is 0. The molecule has 102 valence electrons. The van der Waals surface area contributed by atoms with E-state index in [-0.39, 0.29) is 0 Å². The van der Waals surface area contributed by atoms with Crippen LogP contribution in [0.3, 0.4) is 0 Å². The smallest absolute Gasteiger partial charge is 0.0629 e. The van der Waals surface area contributed by atoms with Crippen LogP contribution < -0.4 is 5.32 Å². The monoisotopic (exact) mass is 337 g/mol. The standard InChI is InChI=1S/C16H20BrNS/c1-10(2)15(14-6-5-7-19-14)18-16-11(3)8-13(17)9-12(16)4/h5-10,15,18H,1-4H3. The first-order valence-corrected chi connectivity index (χ1v) is 8.23. The van der Waals surface area contributed by atoms with Crippen LogP contribution in [0.1, 0.15) is 35.9 Å². The molecule has 0 saturated heterocycles.